The summed E-state index contributed by atoms with van der Waals surface area (Å²) in [5, 5.41) is 0. The molecule has 0 aromatic carbocycles. The van der Waals surface area contributed by atoms with Crippen LogP contribution >= 0.6 is 0 Å². The predicted molar refractivity (Wildman–Crippen MR) is 63.1 cm³/mol. The van der Waals surface area contributed by atoms with Crippen LogP contribution in [-0.4, -0.2) is 22.7 Å². The van der Waals surface area contributed by atoms with Crippen molar-refractivity contribution in [3.63, 3.8) is 0 Å². The molecular formula is C12H21N3O. The summed E-state index contributed by atoms with van der Waals surface area (Å²) >= 11 is 0. The van der Waals surface area contributed by atoms with Gasteiger partial charge in [0.15, 0.2) is 0 Å². The van der Waals surface area contributed by atoms with Gasteiger partial charge in [-0.15, -0.1) is 0 Å². The summed E-state index contributed by atoms with van der Waals surface area (Å²) in [6.07, 6.45) is 6.20. The summed E-state index contributed by atoms with van der Waals surface area (Å²) in [7, 11) is 0. The second kappa shape index (κ2) is 4.97. The van der Waals surface area contributed by atoms with Crippen LogP contribution in [0, 0.1) is 5.92 Å². The minimum absolute atomic E-state index is 0.128. The average Bonchev–Trinajstić information content (AvgIpc) is 2.77. The van der Waals surface area contributed by atoms with E-state index >= 15 is 0 Å². The van der Waals surface area contributed by atoms with Gasteiger partial charge in [0.05, 0.1) is 18.2 Å². The van der Waals surface area contributed by atoms with Crippen LogP contribution in [-0.2, 0) is 4.74 Å². The maximum absolute atomic E-state index is 5.88. The Balaban J connectivity index is 2.23. The zero-order valence-corrected chi connectivity index (χ0v) is 10.1. The first kappa shape index (κ1) is 11.6. The molecule has 1 aliphatic rings. The highest BCUT2D eigenvalue weighted by molar-refractivity contribution is 5.07. The first-order valence-electron chi connectivity index (χ1n) is 6.07. The molecule has 0 spiro atoms. The van der Waals surface area contributed by atoms with E-state index in [0.717, 1.165) is 19.4 Å². The summed E-state index contributed by atoms with van der Waals surface area (Å²) in [4.78, 5) is 4.23. The number of imidazole rings is 1. The second-order valence-corrected chi connectivity index (χ2v) is 4.75. The van der Waals surface area contributed by atoms with Crippen molar-refractivity contribution >= 4 is 0 Å². The molecule has 16 heavy (non-hydrogen) atoms. The fraction of sp³-hybridized carbons (Fsp3) is 0.750. The van der Waals surface area contributed by atoms with E-state index in [1.165, 1.54) is 5.69 Å². The van der Waals surface area contributed by atoms with Crippen molar-refractivity contribution in [2.75, 3.05) is 13.2 Å². The van der Waals surface area contributed by atoms with Crippen LogP contribution in [0.1, 0.15) is 44.5 Å². The van der Waals surface area contributed by atoms with Crippen LogP contribution in [0.25, 0.3) is 0 Å². The minimum Gasteiger partial charge on any atom is -0.372 e. The number of rotatable bonds is 3. The minimum atomic E-state index is 0.128. The van der Waals surface area contributed by atoms with Gasteiger partial charge in [0, 0.05) is 18.6 Å². The third-order valence-corrected chi connectivity index (χ3v) is 3.29. The summed E-state index contributed by atoms with van der Waals surface area (Å²) in [6, 6.07) is 0.418. The summed E-state index contributed by atoms with van der Waals surface area (Å²) in [5.74, 6) is 0.433. The van der Waals surface area contributed by atoms with Crippen molar-refractivity contribution in [3.05, 3.63) is 18.2 Å². The Bertz CT molecular complexity index is 335. The smallest absolute Gasteiger partial charge is 0.103 e. The monoisotopic (exact) mass is 223 g/mol. The molecule has 90 valence electrons. The molecule has 1 saturated heterocycles. The van der Waals surface area contributed by atoms with E-state index in [2.05, 4.69) is 23.4 Å². The van der Waals surface area contributed by atoms with Crippen LogP contribution in [0.15, 0.2) is 12.5 Å². The molecule has 4 nitrogen and oxygen atoms in total. The van der Waals surface area contributed by atoms with Gasteiger partial charge in [0.25, 0.3) is 0 Å². The van der Waals surface area contributed by atoms with Gasteiger partial charge in [-0.3, -0.25) is 0 Å². The molecule has 2 heterocycles. The number of aromatic nitrogens is 2. The van der Waals surface area contributed by atoms with E-state index < -0.39 is 0 Å². The van der Waals surface area contributed by atoms with Crippen molar-refractivity contribution in [3.8, 4) is 0 Å². The lowest BCUT2D eigenvalue weighted by atomic mass is 9.92. The van der Waals surface area contributed by atoms with Gasteiger partial charge in [0.2, 0.25) is 0 Å². The standard InChI is InChI=1S/C12H21N3O/c1-9(2)15-8-14-7-11(15)12-10(6-13)4-3-5-16-12/h7-10,12H,3-6,13H2,1-2H3. The lowest BCUT2D eigenvalue weighted by Crippen LogP contribution is -2.30. The lowest BCUT2D eigenvalue weighted by molar-refractivity contribution is -0.0300. The Kier molecular flexibility index (Phi) is 3.61. The normalized spacial score (nSPS) is 26.2. The van der Waals surface area contributed by atoms with Gasteiger partial charge in [-0.1, -0.05) is 0 Å². The first-order chi connectivity index (χ1) is 7.74. The van der Waals surface area contributed by atoms with Crippen molar-refractivity contribution in [2.24, 2.45) is 11.7 Å². The highest BCUT2D eigenvalue weighted by atomic mass is 16.5. The van der Waals surface area contributed by atoms with Crippen molar-refractivity contribution in [1.29, 1.82) is 0 Å². The maximum atomic E-state index is 5.88. The Morgan fingerprint density at radius 2 is 2.44 bits per heavy atom. The van der Waals surface area contributed by atoms with E-state index in [9.17, 15) is 0 Å². The molecule has 0 aliphatic carbocycles. The number of hydrogen-bond acceptors (Lipinski definition) is 3. The van der Waals surface area contributed by atoms with Gasteiger partial charge in [0.1, 0.15) is 6.10 Å². The van der Waals surface area contributed by atoms with E-state index in [0.29, 0.717) is 18.5 Å². The highest BCUT2D eigenvalue weighted by Crippen LogP contribution is 2.33. The van der Waals surface area contributed by atoms with E-state index in [1.54, 1.807) is 0 Å². The van der Waals surface area contributed by atoms with E-state index in [1.807, 2.05) is 12.5 Å². The largest absolute Gasteiger partial charge is 0.372 e. The summed E-state index contributed by atoms with van der Waals surface area (Å²) < 4.78 is 8.06. The molecular weight excluding hydrogens is 202 g/mol. The van der Waals surface area contributed by atoms with Crippen molar-refractivity contribution in [1.82, 2.24) is 9.55 Å². The number of nitrogens with zero attached hydrogens (tertiary/aromatic N) is 2. The third-order valence-electron chi connectivity index (χ3n) is 3.29. The molecule has 1 fully saturated rings. The first-order valence-corrected chi connectivity index (χ1v) is 6.07. The molecule has 0 radical (unpaired) electrons. The molecule has 0 saturated carbocycles. The number of nitrogens with two attached hydrogens (primary N) is 1. The Morgan fingerprint density at radius 3 is 3.12 bits per heavy atom. The van der Waals surface area contributed by atoms with Gasteiger partial charge in [-0.05, 0) is 33.2 Å². The molecule has 4 heteroatoms. The van der Waals surface area contributed by atoms with Gasteiger partial charge in [-0.2, -0.15) is 0 Å². The molecule has 0 bridgehead atoms. The Morgan fingerprint density at radius 1 is 1.62 bits per heavy atom. The fourth-order valence-corrected chi connectivity index (χ4v) is 2.38. The fourth-order valence-electron chi connectivity index (χ4n) is 2.38. The van der Waals surface area contributed by atoms with Gasteiger partial charge >= 0.3 is 0 Å². The van der Waals surface area contributed by atoms with Crippen molar-refractivity contribution < 1.29 is 4.74 Å². The molecule has 2 unspecified atom stereocenters. The summed E-state index contributed by atoms with van der Waals surface area (Å²) in [6.45, 7) is 5.84. The predicted octanol–water partition coefficient (Wildman–Crippen LogP) is 1.89. The highest BCUT2D eigenvalue weighted by Gasteiger charge is 2.29. The van der Waals surface area contributed by atoms with Crippen LogP contribution in [0.2, 0.25) is 0 Å². The topological polar surface area (TPSA) is 53.1 Å². The van der Waals surface area contributed by atoms with E-state index in [4.69, 9.17) is 10.5 Å². The Hall–Kier alpha value is -0.870. The zero-order valence-electron chi connectivity index (χ0n) is 10.1. The third kappa shape index (κ3) is 2.13. The SMILES string of the molecule is CC(C)n1cncc1C1OCCCC1CN. The molecule has 1 aromatic rings. The zero-order chi connectivity index (χ0) is 11.5. The molecule has 2 N–H and O–H groups in total. The number of ether oxygens (including phenoxy) is 1. The average molecular weight is 223 g/mol. The van der Waals surface area contributed by atoms with Crippen molar-refractivity contribution in [2.45, 2.75) is 38.8 Å². The molecule has 2 rings (SSSR count). The van der Waals surface area contributed by atoms with E-state index in [-0.39, 0.29) is 6.10 Å². The van der Waals surface area contributed by atoms with Gasteiger partial charge < -0.3 is 15.0 Å². The quantitative estimate of drug-likeness (QED) is 0.851. The molecule has 1 aliphatic heterocycles. The molecule has 1 aromatic heterocycles. The lowest BCUT2D eigenvalue weighted by Gasteiger charge is -2.32. The summed E-state index contributed by atoms with van der Waals surface area (Å²) in [5.41, 5.74) is 6.99. The van der Waals surface area contributed by atoms with Crippen LogP contribution in [0.5, 0.6) is 0 Å². The maximum Gasteiger partial charge on any atom is 0.103 e. The number of hydrogen-bond donors (Lipinski definition) is 1. The van der Waals surface area contributed by atoms with Crippen LogP contribution in [0.3, 0.4) is 0 Å². The Labute approximate surface area is 96.8 Å². The molecule has 2 atom stereocenters. The second-order valence-electron chi connectivity index (χ2n) is 4.75. The van der Waals surface area contributed by atoms with Gasteiger partial charge in [-0.25, -0.2) is 4.98 Å². The molecule has 0 amide bonds. The van der Waals surface area contributed by atoms with Crippen LogP contribution in [0.4, 0.5) is 0 Å². The van der Waals surface area contributed by atoms with Crippen LogP contribution < -0.4 is 5.73 Å².